The molecule has 1 aliphatic rings. The average molecular weight is 297 g/mol. The number of phenolic OH excluding ortho intramolecular Hbond substituents is 1. The Morgan fingerprint density at radius 2 is 1.68 bits per heavy atom. The lowest BCUT2D eigenvalue weighted by atomic mass is 10.0. The van der Waals surface area contributed by atoms with E-state index in [-0.39, 0.29) is 17.7 Å². The van der Waals surface area contributed by atoms with E-state index in [1.54, 1.807) is 24.3 Å². The molecular weight excluding hydrogens is 282 g/mol. The molecule has 3 rings (SSSR count). The Bertz CT molecular complexity index is 726. The van der Waals surface area contributed by atoms with Crippen molar-refractivity contribution in [3.05, 3.63) is 48.0 Å². The summed E-state index contributed by atoms with van der Waals surface area (Å²) >= 11 is 0. The van der Waals surface area contributed by atoms with Crippen molar-refractivity contribution in [2.24, 2.45) is 0 Å². The Balaban J connectivity index is 1.66. The summed E-state index contributed by atoms with van der Waals surface area (Å²) in [6.07, 6.45) is 1.12. The van der Waals surface area contributed by atoms with Crippen molar-refractivity contribution >= 4 is 29.0 Å². The molecule has 112 valence electrons. The quantitative estimate of drug-likeness (QED) is 0.642. The van der Waals surface area contributed by atoms with E-state index < -0.39 is 0 Å². The first-order valence-electron chi connectivity index (χ1n) is 6.90. The van der Waals surface area contributed by atoms with Gasteiger partial charge in [0.05, 0.1) is 0 Å². The molecule has 1 aliphatic heterocycles. The molecule has 0 fully saturated rings. The van der Waals surface area contributed by atoms with Gasteiger partial charge in [0.2, 0.25) is 5.91 Å². The number of nitrogens with one attached hydrogen (secondary N) is 3. The van der Waals surface area contributed by atoms with E-state index in [4.69, 9.17) is 0 Å². The van der Waals surface area contributed by atoms with E-state index in [1.807, 2.05) is 6.07 Å². The minimum Gasteiger partial charge on any atom is -0.508 e. The third kappa shape index (κ3) is 3.17. The Morgan fingerprint density at radius 3 is 2.45 bits per heavy atom. The zero-order chi connectivity index (χ0) is 15.5. The summed E-state index contributed by atoms with van der Waals surface area (Å²) in [4.78, 5) is 23.2. The number of hydrogen-bond acceptors (Lipinski definition) is 3. The number of aromatic hydroxyl groups is 1. The van der Waals surface area contributed by atoms with Crippen molar-refractivity contribution in [2.45, 2.75) is 12.8 Å². The highest BCUT2D eigenvalue weighted by Gasteiger charge is 2.15. The zero-order valence-electron chi connectivity index (χ0n) is 11.7. The highest BCUT2D eigenvalue weighted by molar-refractivity contribution is 6.00. The van der Waals surface area contributed by atoms with Gasteiger partial charge >= 0.3 is 6.03 Å². The van der Waals surface area contributed by atoms with Gasteiger partial charge in [-0.2, -0.15) is 0 Å². The molecule has 4 N–H and O–H groups in total. The van der Waals surface area contributed by atoms with Gasteiger partial charge in [0.25, 0.3) is 0 Å². The minimum atomic E-state index is -0.370. The summed E-state index contributed by atoms with van der Waals surface area (Å²) in [6, 6.07) is 11.2. The maximum absolute atomic E-state index is 11.9. The summed E-state index contributed by atoms with van der Waals surface area (Å²) in [5, 5.41) is 17.4. The number of amides is 3. The molecule has 0 spiro atoms. The fourth-order valence-electron chi connectivity index (χ4n) is 2.30. The van der Waals surface area contributed by atoms with Gasteiger partial charge in [-0.1, -0.05) is 0 Å². The lowest BCUT2D eigenvalue weighted by Gasteiger charge is -2.17. The number of urea groups is 1. The van der Waals surface area contributed by atoms with E-state index in [0.717, 1.165) is 11.3 Å². The van der Waals surface area contributed by atoms with Gasteiger partial charge in [-0.25, -0.2) is 4.79 Å². The molecule has 0 saturated heterocycles. The molecule has 0 radical (unpaired) electrons. The first kappa shape index (κ1) is 13.9. The van der Waals surface area contributed by atoms with Crippen molar-refractivity contribution in [2.75, 3.05) is 16.0 Å². The van der Waals surface area contributed by atoms with Crippen LogP contribution in [0.3, 0.4) is 0 Å². The predicted octanol–water partition coefficient (Wildman–Crippen LogP) is 2.92. The Kier molecular flexibility index (Phi) is 3.65. The van der Waals surface area contributed by atoms with Crippen molar-refractivity contribution in [1.82, 2.24) is 0 Å². The summed E-state index contributed by atoms with van der Waals surface area (Å²) in [5.41, 5.74) is 3.04. The molecule has 1 heterocycles. The number of phenols is 1. The van der Waals surface area contributed by atoms with Crippen LogP contribution in [-0.2, 0) is 11.2 Å². The Labute approximate surface area is 127 Å². The molecule has 2 aromatic carbocycles. The van der Waals surface area contributed by atoms with Crippen LogP contribution in [0.1, 0.15) is 12.0 Å². The lowest BCUT2D eigenvalue weighted by Crippen LogP contribution is -2.21. The van der Waals surface area contributed by atoms with Crippen LogP contribution >= 0.6 is 0 Å². The molecule has 0 unspecified atom stereocenters. The molecular formula is C16H15N3O3. The molecule has 0 bridgehead atoms. The molecule has 3 amide bonds. The van der Waals surface area contributed by atoms with Crippen LogP contribution in [0.4, 0.5) is 21.9 Å². The van der Waals surface area contributed by atoms with E-state index >= 15 is 0 Å². The van der Waals surface area contributed by atoms with E-state index in [0.29, 0.717) is 24.2 Å². The highest BCUT2D eigenvalue weighted by atomic mass is 16.3. The largest absolute Gasteiger partial charge is 0.508 e. The smallest absolute Gasteiger partial charge is 0.323 e. The SMILES string of the molecule is O=C1CCc2cc(NC(=O)Nc3ccc(O)cc3)ccc2N1. The molecule has 0 saturated carbocycles. The average Bonchev–Trinajstić information content (AvgIpc) is 2.50. The fraction of sp³-hybridized carbons (Fsp3) is 0.125. The van der Waals surface area contributed by atoms with Gasteiger partial charge in [0, 0.05) is 23.5 Å². The Morgan fingerprint density at radius 1 is 1.00 bits per heavy atom. The van der Waals surface area contributed by atoms with Gasteiger partial charge in [0.1, 0.15) is 5.75 Å². The number of hydrogen-bond donors (Lipinski definition) is 4. The summed E-state index contributed by atoms with van der Waals surface area (Å²) < 4.78 is 0. The standard InChI is InChI=1S/C16H15N3O3/c20-13-5-2-11(3-6-13)17-16(22)18-12-4-7-14-10(9-12)1-8-15(21)19-14/h2-7,9,20H,1,8H2,(H,19,21)(H2,17,18,22). The summed E-state index contributed by atoms with van der Waals surface area (Å²) in [7, 11) is 0. The molecule has 0 aliphatic carbocycles. The molecule has 2 aromatic rings. The third-order valence-corrected chi connectivity index (χ3v) is 3.38. The third-order valence-electron chi connectivity index (χ3n) is 3.38. The van der Waals surface area contributed by atoms with Gasteiger partial charge in [0.15, 0.2) is 0 Å². The number of anilines is 3. The van der Waals surface area contributed by atoms with E-state index in [2.05, 4.69) is 16.0 Å². The van der Waals surface area contributed by atoms with Crippen LogP contribution in [0, 0.1) is 0 Å². The predicted molar refractivity (Wildman–Crippen MR) is 84.1 cm³/mol. The number of aryl methyl sites for hydroxylation is 1. The number of carbonyl (C=O) groups excluding carboxylic acids is 2. The minimum absolute atomic E-state index is 0.0123. The van der Waals surface area contributed by atoms with Gasteiger partial charge in [-0.15, -0.1) is 0 Å². The number of carbonyl (C=O) groups is 2. The number of benzene rings is 2. The second-order valence-corrected chi connectivity index (χ2v) is 5.05. The van der Waals surface area contributed by atoms with E-state index in [9.17, 15) is 14.7 Å². The lowest BCUT2D eigenvalue weighted by molar-refractivity contribution is -0.116. The van der Waals surface area contributed by atoms with Crippen LogP contribution in [0.25, 0.3) is 0 Å². The van der Waals surface area contributed by atoms with E-state index in [1.165, 1.54) is 12.1 Å². The van der Waals surface area contributed by atoms with Gasteiger partial charge < -0.3 is 21.1 Å². The maximum atomic E-state index is 11.9. The first-order valence-corrected chi connectivity index (χ1v) is 6.90. The van der Waals surface area contributed by atoms with Crippen LogP contribution in [0.15, 0.2) is 42.5 Å². The molecule has 0 atom stereocenters. The van der Waals surface area contributed by atoms with Crippen LogP contribution < -0.4 is 16.0 Å². The monoisotopic (exact) mass is 297 g/mol. The number of rotatable bonds is 2. The van der Waals surface area contributed by atoms with Crippen LogP contribution in [0.5, 0.6) is 5.75 Å². The first-order chi connectivity index (χ1) is 10.6. The highest BCUT2D eigenvalue weighted by Crippen LogP contribution is 2.25. The Hall–Kier alpha value is -3.02. The van der Waals surface area contributed by atoms with Gasteiger partial charge in [-0.3, -0.25) is 4.79 Å². The normalized spacial score (nSPS) is 13.0. The maximum Gasteiger partial charge on any atom is 0.323 e. The molecule has 22 heavy (non-hydrogen) atoms. The fourth-order valence-corrected chi connectivity index (χ4v) is 2.30. The summed E-state index contributed by atoms with van der Waals surface area (Å²) in [5.74, 6) is 0.154. The zero-order valence-corrected chi connectivity index (χ0v) is 11.7. The molecule has 6 nitrogen and oxygen atoms in total. The topological polar surface area (TPSA) is 90.5 Å². The van der Waals surface area contributed by atoms with Gasteiger partial charge in [-0.05, 0) is 54.4 Å². The van der Waals surface area contributed by atoms with Crippen molar-refractivity contribution in [3.63, 3.8) is 0 Å². The van der Waals surface area contributed by atoms with Crippen molar-refractivity contribution < 1.29 is 14.7 Å². The van der Waals surface area contributed by atoms with Crippen LogP contribution in [0.2, 0.25) is 0 Å². The summed E-state index contributed by atoms with van der Waals surface area (Å²) in [6.45, 7) is 0. The van der Waals surface area contributed by atoms with Crippen LogP contribution in [-0.4, -0.2) is 17.0 Å². The molecule has 0 aromatic heterocycles. The molecule has 6 heteroatoms. The number of fused-ring (bicyclic) bond motifs is 1. The second-order valence-electron chi connectivity index (χ2n) is 5.05. The second kappa shape index (κ2) is 5.77. The van der Waals surface area contributed by atoms with Crippen molar-refractivity contribution in [3.8, 4) is 5.75 Å². The van der Waals surface area contributed by atoms with Crippen molar-refractivity contribution in [1.29, 1.82) is 0 Å².